The van der Waals surface area contributed by atoms with Crippen molar-refractivity contribution in [3.63, 3.8) is 0 Å². The van der Waals surface area contributed by atoms with Gasteiger partial charge in [-0.25, -0.2) is 0 Å². The van der Waals surface area contributed by atoms with Gasteiger partial charge in [-0.1, -0.05) is 116 Å². The normalized spacial score (nSPS) is 16.9. The van der Waals surface area contributed by atoms with E-state index in [1.165, 1.54) is 34.4 Å². The summed E-state index contributed by atoms with van der Waals surface area (Å²) in [6.45, 7) is 6.45. The van der Waals surface area contributed by atoms with Crippen LogP contribution in [0.15, 0.2) is 182 Å². The third kappa shape index (κ3) is 7.13. The van der Waals surface area contributed by atoms with Crippen LogP contribution < -0.4 is 14.5 Å². The first-order valence-corrected chi connectivity index (χ1v) is 17.5. The Labute approximate surface area is 297 Å². The van der Waals surface area contributed by atoms with Gasteiger partial charge in [-0.2, -0.15) is 0 Å². The molecule has 0 bridgehead atoms. The number of hydrogen-bond donors (Lipinski definition) is 0. The summed E-state index contributed by atoms with van der Waals surface area (Å²) in [5.74, 6) is 2.13. The Morgan fingerprint density at radius 3 is 2.00 bits per heavy atom. The first-order chi connectivity index (χ1) is 24.5. The van der Waals surface area contributed by atoms with E-state index in [0.717, 1.165) is 46.1 Å². The van der Waals surface area contributed by atoms with Gasteiger partial charge in [0.25, 0.3) is 0 Å². The van der Waals surface area contributed by atoms with Gasteiger partial charge < -0.3 is 14.5 Å². The Hall–Kier alpha value is -5.80. The molecule has 0 N–H and O–H groups in total. The Balaban J connectivity index is 1.19. The first kappa shape index (κ1) is 32.7. The van der Waals surface area contributed by atoms with Crippen LogP contribution in [0.4, 0.5) is 17.1 Å². The largest absolute Gasteiger partial charge is 0.497 e. The molecule has 3 heteroatoms. The molecule has 3 nitrogen and oxygen atoms in total. The lowest BCUT2D eigenvalue weighted by Crippen LogP contribution is -2.18. The lowest BCUT2D eigenvalue weighted by atomic mass is 9.99. The van der Waals surface area contributed by atoms with Gasteiger partial charge in [-0.3, -0.25) is 0 Å². The van der Waals surface area contributed by atoms with Gasteiger partial charge in [0.1, 0.15) is 5.75 Å². The number of allylic oxidation sites excluding steroid dienone is 8. The zero-order valence-electron chi connectivity index (χ0n) is 29.2. The maximum absolute atomic E-state index is 5.50. The summed E-state index contributed by atoms with van der Waals surface area (Å²) in [6, 6.07) is 47.1. The average Bonchev–Trinajstić information content (AvgIpc) is 3.97. The maximum Gasteiger partial charge on any atom is 0.120 e. The van der Waals surface area contributed by atoms with Crippen molar-refractivity contribution in [3.05, 3.63) is 193 Å². The van der Waals surface area contributed by atoms with Crippen molar-refractivity contribution in [3.8, 4) is 16.9 Å². The molecule has 2 aliphatic rings. The highest BCUT2D eigenvalue weighted by atomic mass is 16.5. The molecule has 7 rings (SSSR count). The predicted octanol–water partition coefficient (Wildman–Crippen LogP) is 12.1. The van der Waals surface area contributed by atoms with E-state index in [4.69, 9.17) is 4.74 Å². The first-order valence-electron chi connectivity index (χ1n) is 17.5. The Bertz CT molecular complexity index is 2070. The quantitative estimate of drug-likeness (QED) is 0.132. The molecule has 0 heterocycles. The van der Waals surface area contributed by atoms with Gasteiger partial charge >= 0.3 is 0 Å². The SMILES string of the molecule is C=C(/C=C\C(=C/C)N(c1ccc(C2=CC=C(N(C)c3cccc(OC)c3)C3CC3C2)cc1)c1ccc(-c2ccccc2)cc1)c1ccccc1. The van der Waals surface area contributed by atoms with Crippen molar-refractivity contribution < 1.29 is 4.74 Å². The molecule has 2 aliphatic carbocycles. The molecular formula is C47H44N2O. The summed E-state index contributed by atoms with van der Waals surface area (Å²) in [5, 5.41) is 0. The smallest absolute Gasteiger partial charge is 0.120 e. The number of nitrogens with zero attached hydrogens (tertiary/aromatic N) is 2. The van der Waals surface area contributed by atoms with Crippen LogP contribution in [-0.4, -0.2) is 14.2 Å². The van der Waals surface area contributed by atoms with E-state index in [1.54, 1.807) is 7.11 Å². The summed E-state index contributed by atoms with van der Waals surface area (Å²) in [7, 11) is 3.90. The summed E-state index contributed by atoms with van der Waals surface area (Å²) in [4.78, 5) is 4.65. The molecule has 2 atom stereocenters. The second-order valence-electron chi connectivity index (χ2n) is 13.1. The molecule has 0 spiro atoms. The minimum Gasteiger partial charge on any atom is -0.497 e. The molecule has 2 unspecified atom stereocenters. The average molecular weight is 653 g/mol. The number of anilines is 3. The van der Waals surface area contributed by atoms with Gasteiger partial charge in [-0.05, 0) is 108 Å². The van der Waals surface area contributed by atoms with Crippen molar-refractivity contribution in [2.24, 2.45) is 11.8 Å². The molecule has 0 saturated heterocycles. The zero-order valence-corrected chi connectivity index (χ0v) is 29.2. The fourth-order valence-corrected chi connectivity index (χ4v) is 6.98. The molecule has 1 fully saturated rings. The van der Waals surface area contributed by atoms with Crippen LogP contribution >= 0.6 is 0 Å². The topological polar surface area (TPSA) is 15.7 Å². The molecule has 1 saturated carbocycles. The molecule has 0 aromatic heterocycles. The molecule has 0 radical (unpaired) electrons. The van der Waals surface area contributed by atoms with Crippen molar-refractivity contribution in [1.82, 2.24) is 0 Å². The highest BCUT2D eigenvalue weighted by Crippen LogP contribution is 2.52. The molecule has 0 amide bonds. The van der Waals surface area contributed by atoms with Crippen LogP contribution in [0.25, 0.3) is 22.3 Å². The van der Waals surface area contributed by atoms with Gasteiger partial charge in [-0.15, -0.1) is 0 Å². The molecule has 0 aliphatic heterocycles. The second kappa shape index (κ2) is 14.8. The van der Waals surface area contributed by atoms with Crippen LogP contribution in [0.5, 0.6) is 5.75 Å². The summed E-state index contributed by atoms with van der Waals surface area (Å²) in [5.41, 5.74) is 13.0. The number of rotatable bonds is 11. The summed E-state index contributed by atoms with van der Waals surface area (Å²) < 4.78 is 5.50. The van der Waals surface area contributed by atoms with E-state index in [0.29, 0.717) is 11.8 Å². The number of benzene rings is 5. The zero-order chi connectivity index (χ0) is 34.5. The highest BCUT2D eigenvalue weighted by molar-refractivity contribution is 5.78. The second-order valence-corrected chi connectivity index (χ2v) is 13.1. The number of fused-ring (bicyclic) bond motifs is 1. The molecule has 5 aromatic carbocycles. The highest BCUT2D eigenvalue weighted by Gasteiger charge is 2.42. The summed E-state index contributed by atoms with van der Waals surface area (Å²) >= 11 is 0. The molecule has 248 valence electrons. The van der Waals surface area contributed by atoms with E-state index in [9.17, 15) is 0 Å². The minimum atomic E-state index is 0.586. The Morgan fingerprint density at radius 2 is 1.34 bits per heavy atom. The fourth-order valence-electron chi connectivity index (χ4n) is 6.98. The van der Waals surface area contributed by atoms with Crippen LogP contribution in [0.2, 0.25) is 0 Å². The fraction of sp³-hybridized carbons (Fsp3) is 0.149. The van der Waals surface area contributed by atoms with Crippen LogP contribution in [-0.2, 0) is 0 Å². The van der Waals surface area contributed by atoms with Gasteiger partial charge in [0.05, 0.1) is 7.11 Å². The third-order valence-electron chi connectivity index (χ3n) is 9.95. The molecular weight excluding hydrogens is 609 g/mol. The lowest BCUT2D eigenvalue weighted by molar-refractivity contribution is 0.415. The van der Waals surface area contributed by atoms with Gasteiger partial charge in [0.15, 0.2) is 0 Å². The molecule has 50 heavy (non-hydrogen) atoms. The number of hydrogen-bond acceptors (Lipinski definition) is 3. The minimum absolute atomic E-state index is 0.586. The van der Waals surface area contributed by atoms with Crippen molar-refractivity contribution in [2.45, 2.75) is 19.8 Å². The number of methoxy groups -OCH3 is 1. The Kier molecular flexibility index (Phi) is 9.66. The van der Waals surface area contributed by atoms with Crippen LogP contribution in [0.1, 0.15) is 30.9 Å². The number of ether oxygens (including phenoxy) is 1. The maximum atomic E-state index is 5.50. The van der Waals surface area contributed by atoms with Crippen LogP contribution in [0, 0.1) is 11.8 Å². The van der Waals surface area contributed by atoms with Crippen molar-refractivity contribution in [2.75, 3.05) is 24.0 Å². The van der Waals surface area contributed by atoms with Crippen molar-refractivity contribution in [1.29, 1.82) is 0 Å². The monoisotopic (exact) mass is 652 g/mol. The van der Waals surface area contributed by atoms with E-state index >= 15 is 0 Å². The van der Waals surface area contributed by atoms with Crippen molar-refractivity contribution >= 4 is 28.2 Å². The predicted molar refractivity (Wildman–Crippen MR) is 213 cm³/mol. The van der Waals surface area contributed by atoms with E-state index in [1.807, 2.05) is 12.1 Å². The standard InChI is InChI=1S/C47H44N2O/c1-5-41(25-19-34(2)35-13-8-6-9-14-35)49(42-26-20-37(21-27-42)36-15-10-7-11-16-36)43-28-22-38(23-29-43)39-24-30-47(46-32-40(46)31-39)48(3)44-17-12-18-45(33-44)50-4/h5-30,33,40,46H,2,31-32H2,1,3-4H3/b25-19-,41-5+. The third-order valence-corrected chi connectivity index (χ3v) is 9.95. The Morgan fingerprint density at radius 1 is 0.700 bits per heavy atom. The van der Waals surface area contributed by atoms with Gasteiger partial charge in [0.2, 0.25) is 0 Å². The summed E-state index contributed by atoms with van der Waals surface area (Å²) in [6.07, 6.45) is 13.4. The van der Waals surface area contributed by atoms with Gasteiger partial charge in [0, 0.05) is 47.5 Å². The van der Waals surface area contributed by atoms with E-state index in [-0.39, 0.29) is 0 Å². The van der Waals surface area contributed by atoms with E-state index in [2.05, 4.69) is 182 Å². The van der Waals surface area contributed by atoms with Crippen LogP contribution in [0.3, 0.4) is 0 Å². The molecule has 5 aromatic rings. The van der Waals surface area contributed by atoms with E-state index < -0.39 is 0 Å². The lowest BCUT2D eigenvalue weighted by Gasteiger charge is -2.27.